The molecule has 0 heterocycles. The summed E-state index contributed by atoms with van der Waals surface area (Å²) in [5, 5.41) is 2.71. The molecule has 2 aromatic rings. The lowest BCUT2D eigenvalue weighted by atomic mass is 10.1. The Hall–Kier alpha value is -2.36. The maximum absolute atomic E-state index is 13.4. The molecule has 0 aliphatic rings. The number of anilines is 2. The van der Waals surface area contributed by atoms with Crippen LogP contribution in [0.25, 0.3) is 0 Å². The summed E-state index contributed by atoms with van der Waals surface area (Å²) in [5.74, 6) is -0.744. The van der Waals surface area contributed by atoms with Crippen molar-refractivity contribution in [2.24, 2.45) is 0 Å². The molecule has 20 heavy (non-hydrogen) atoms. The van der Waals surface area contributed by atoms with Gasteiger partial charge in [-0.1, -0.05) is 19.1 Å². The van der Waals surface area contributed by atoms with Crippen molar-refractivity contribution in [1.82, 2.24) is 0 Å². The molecular formula is C16H17FN2O. The highest BCUT2D eigenvalue weighted by molar-refractivity contribution is 6.04. The van der Waals surface area contributed by atoms with Gasteiger partial charge in [-0.3, -0.25) is 4.79 Å². The lowest BCUT2D eigenvalue weighted by Gasteiger charge is -2.09. The van der Waals surface area contributed by atoms with Crippen LogP contribution in [0, 0.1) is 12.7 Å². The number of hydrogen-bond donors (Lipinski definition) is 2. The molecule has 4 heteroatoms. The average molecular weight is 272 g/mol. The third kappa shape index (κ3) is 2.96. The van der Waals surface area contributed by atoms with E-state index in [1.54, 1.807) is 31.2 Å². The van der Waals surface area contributed by atoms with E-state index in [0.717, 1.165) is 12.0 Å². The predicted molar refractivity (Wildman–Crippen MR) is 79.3 cm³/mol. The molecular weight excluding hydrogens is 255 g/mol. The van der Waals surface area contributed by atoms with Crippen LogP contribution in [0.3, 0.4) is 0 Å². The summed E-state index contributed by atoms with van der Waals surface area (Å²) in [6, 6.07) is 9.78. The summed E-state index contributed by atoms with van der Waals surface area (Å²) in [6.07, 6.45) is 0.837. The minimum absolute atomic E-state index is 0.284. The van der Waals surface area contributed by atoms with Crippen LogP contribution in [-0.2, 0) is 6.42 Å². The molecule has 104 valence electrons. The van der Waals surface area contributed by atoms with Crippen molar-refractivity contribution in [2.75, 3.05) is 11.1 Å². The molecule has 0 fully saturated rings. The molecule has 0 aliphatic carbocycles. The largest absolute Gasteiger partial charge is 0.398 e. The van der Waals surface area contributed by atoms with Crippen molar-refractivity contribution in [1.29, 1.82) is 0 Å². The summed E-state index contributed by atoms with van der Waals surface area (Å²) in [4.78, 5) is 12.0. The summed E-state index contributed by atoms with van der Waals surface area (Å²) in [6.45, 7) is 3.67. The monoisotopic (exact) mass is 272 g/mol. The highest BCUT2D eigenvalue weighted by atomic mass is 19.1. The van der Waals surface area contributed by atoms with E-state index in [2.05, 4.69) is 5.32 Å². The first-order valence-corrected chi connectivity index (χ1v) is 6.47. The summed E-state index contributed by atoms with van der Waals surface area (Å²) in [7, 11) is 0. The number of benzene rings is 2. The molecule has 3 nitrogen and oxygen atoms in total. The van der Waals surface area contributed by atoms with E-state index in [1.807, 2.05) is 13.0 Å². The van der Waals surface area contributed by atoms with Gasteiger partial charge in [0.15, 0.2) is 0 Å². The summed E-state index contributed by atoms with van der Waals surface area (Å²) >= 11 is 0. The number of nitrogens with two attached hydrogens (primary N) is 1. The van der Waals surface area contributed by atoms with Gasteiger partial charge in [0, 0.05) is 16.9 Å². The Kier molecular flexibility index (Phi) is 4.03. The van der Waals surface area contributed by atoms with Crippen LogP contribution in [-0.4, -0.2) is 5.91 Å². The van der Waals surface area contributed by atoms with Gasteiger partial charge in [-0.2, -0.15) is 0 Å². The third-order valence-corrected chi connectivity index (χ3v) is 3.22. The molecule has 1 amide bonds. The van der Waals surface area contributed by atoms with Crippen LogP contribution in [0.4, 0.5) is 15.8 Å². The van der Waals surface area contributed by atoms with Crippen molar-refractivity contribution < 1.29 is 9.18 Å². The number of rotatable bonds is 3. The van der Waals surface area contributed by atoms with Crippen molar-refractivity contribution in [2.45, 2.75) is 20.3 Å². The number of hydrogen-bond acceptors (Lipinski definition) is 2. The van der Waals surface area contributed by atoms with Crippen LogP contribution >= 0.6 is 0 Å². The van der Waals surface area contributed by atoms with E-state index in [0.29, 0.717) is 16.9 Å². The molecule has 0 atom stereocenters. The highest BCUT2D eigenvalue weighted by Gasteiger charge is 2.09. The van der Waals surface area contributed by atoms with Gasteiger partial charge >= 0.3 is 0 Å². The van der Waals surface area contributed by atoms with Crippen LogP contribution in [0.5, 0.6) is 0 Å². The second-order valence-electron chi connectivity index (χ2n) is 4.69. The van der Waals surface area contributed by atoms with Gasteiger partial charge in [0.2, 0.25) is 0 Å². The van der Waals surface area contributed by atoms with E-state index in [9.17, 15) is 9.18 Å². The number of halogens is 1. The van der Waals surface area contributed by atoms with Crippen molar-refractivity contribution >= 4 is 17.3 Å². The number of nitrogens with one attached hydrogen (secondary N) is 1. The van der Waals surface area contributed by atoms with Crippen LogP contribution in [0.2, 0.25) is 0 Å². The average Bonchev–Trinajstić information content (AvgIpc) is 2.42. The fourth-order valence-electron chi connectivity index (χ4n) is 1.93. The lowest BCUT2D eigenvalue weighted by molar-refractivity contribution is 0.102. The fourth-order valence-corrected chi connectivity index (χ4v) is 1.93. The molecule has 0 saturated carbocycles. The van der Waals surface area contributed by atoms with E-state index in [1.165, 1.54) is 6.07 Å². The number of carbonyl (C=O) groups is 1. The van der Waals surface area contributed by atoms with Crippen LogP contribution < -0.4 is 11.1 Å². The van der Waals surface area contributed by atoms with Crippen LogP contribution in [0.15, 0.2) is 36.4 Å². The Bertz CT molecular complexity index is 653. The van der Waals surface area contributed by atoms with Crippen molar-refractivity contribution in [3.8, 4) is 0 Å². The normalized spacial score (nSPS) is 10.3. The Balaban J connectivity index is 2.19. The zero-order valence-corrected chi connectivity index (χ0v) is 11.5. The molecule has 3 N–H and O–H groups in total. The maximum Gasteiger partial charge on any atom is 0.255 e. The Morgan fingerprint density at radius 1 is 1.25 bits per heavy atom. The molecule has 0 aliphatic heterocycles. The Morgan fingerprint density at radius 3 is 2.60 bits per heavy atom. The van der Waals surface area contributed by atoms with E-state index in [4.69, 9.17) is 5.73 Å². The highest BCUT2D eigenvalue weighted by Crippen LogP contribution is 2.19. The zero-order chi connectivity index (χ0) is 14.7. The van der Waals surface area contributed by atoms with Gasteiger partial charge in [0.25, 0.3) is 5.91 Å². The minimum atomic E-state index is -0.390. The van der Waals surface area contributed by atoms with E-state index >= 15 is 0 Å². The molecule has 0 saturated heterocycles. The van der Waals surface area contributed by atoms with Crippen LogP contribution in [0.1, 0.15) is 28.4 Å². The topological polar surface area (TPSA) is 55.1 Å². The Morgan fingerprint density at radius 2 is 2.00 bits per heavy atom. The van der Waals surface area contributed by atoms with Gasteiger partial charge < -0.3 is 11.1 Å². The maximum atomic E-state index is 13.4. The fraction of sp³-hybridized carbons (Fsp3) is 0.188. The number of amides is 1. The lowest BCUT2D eigenvalue weighted by Crippen LogP contribution is -2.12. The molecule has 0 aromatic heterocycles. The molecule has 2 rings (SSSR count). The first-order valence-electron chi connectivity index (χ1n) is 6.47. The quantitative estimate of drug-likeness (QED) is 0.840. The van der Waals surface area contributed by atoms with E-state index < -0.39 is 5.82 Å². The van der Waals surface area contributed by atoms with Gasteiger partial charge in [-0.05, 0) is 48.7 Å². The first kappa shape index (κ1) is 14.1. The molecule has 2 aromatic carbocycles. The van der Waals surface area contributed by atoms with Gasteiger partial charge in [0.05, 0.1) is 0 Å². The van der Waals surface area contributed by atoms with Gasteiger partial charge in [-0.15, -0.1) is 0 Å². The molecule has 0 spiro atoms. The SMILES string of the molecule is CCc1ccc(NC(=O)c2ccc(C)c(F)c2)cc1N. The zero-order valence-electron chi connectivity index (χ0n) is 11.5. The van der Waals surface area contributed by atoms with Crippen molar-refractivity contribution in [3.05, 3.63) is 58.9 Å². The smallest absolute Gasteiger partial charge is 0.255 e. The first-order chi connectivity index (χ1) is 9.51. The van der Waals surface area contributed by atoms with Gasteiger partial charge in [0.1, 0.15) is 5.82 Å². The van der Waals surface area contributed by atoms with Gasteiger partial charge in [-0.25, -0.2) is 4.39 Å². The third-order valence-electron chi connectivity index (χ3n) is 3.22. The van der Waals surface area contributed by atoms with Crippen molar-refractivity contribution in [3.63, 3.8) is 0 Å². The Labute approximate surface area is 117 Å². The second-order valence-corrected chi connectivity index (χ2v) is 4.69. The molecule has 0 unspecified atom stereocenters. The minimum Gasteiger partial charge on any atom is -0.398 e. The summed E-state index contributed by atoms with van der Waals surface area (Å²) < 4.78 is 13.4. The predicted octanol–water partition coefficient (Wildman–Crippen LogP) is 3.53. The molecule has 0 radical (unpaired) electrons. The van der Waals surface area contributed by atoms with E-state index in [-0.39, 0.29) is 11.5 Å². The standard InChI is InChI=1S/C16H17FN2O/c1-3-11-6-7-13(9-15(11)18)19-16(20)12-5-4-10(2)14(17)8-12/h4-9H,3,18H2,1-2H3,(H,19,20). The number of nitrogen functional groups attached to an aromatic ring is 1. The molecule has 0 bridgehead atoms. The number of carbonyl (C=O) groups excluding carboxylic acids is 1. The number of aryl methyl sites for hydroxylation is 2. The summed E-state index contributed by atoms with van der Waals surface area (Å²) in [5.41, 5.74) is 8.95. The second kappa shape index (κ2) is 5.74.